The van der Waals surface area contributed by atoms with Gasteiger partial charge in [-0.3, -0.25) is 0 Å². The molecule has 2 bridgehead atoms. The van der Waals surface area contributed by atoms with Crippen molar-refractivity contribution in [2.24, 2.45) is 0 Å². The van der Waals surface area contributed by atoms with Crippen molar-refractivity contribution in [1.82, 2.24) is 4.31 Å². The van der Waals surface area contributed by atoms with Crippen molar-refractivity contribution in [3.8, 4) is 0 Å². The number of aliphatic hydroxyl groups excluding tert-OH is 1. The number of sulfonamides is 1. The van der Waals surface area contributed by atoms with Crippen LogP contribution in [0.15, 0.2) is 23.1 Å². The Labute approximate surface area is 123 Å². The van der Waals surface area contributed by atoms with Crippen molar-refractivity contribution < 1.29 is 13.5 Å². The second-order valence-corrected chi connectivity index (χ2v) is 7.69. The van der Waals surface area contributed by atoms with E-state index in [1.165, 1.54) is 10.4 Å². The SMILES string of the molecule is Nc1cccc(Cl)c1S(=O)(=O)N1C2CCC1CC(O)C2. The fourth-order valence-electron chi connectivity index (χ4n) is 3.40. The maximum atomic E-state index is 12.9. The fraction of sp³-hybridized carbons (Fsp3) is 0.538. The van der Waals surface area contributed by atoms with Gasteiger partial charge in [0, 0.05) is 12.1 Å². The molecule has 2 atom stereocenters. The topological polar surface area (TPSA) is 83.6 Å². The van der Waals surface area contributed by atoms with E-state index >= 15 is 0 Å². The van der Waals surface area contributed by atoms with E-state index in [1.807, 2.05) is 0 Å². The normalized spacial score (nSPS) is 30.6. The molecule has 2 saturated heterocycles. The zero-order valence-electron chi connectivity index (χ0n) is 10.9. The second kappa shape index (κ2) is 4.87. The molecule has 2 unspecified atom stereocenters. The van der Waals surface area contributed by atoms with Gasteiger partial charge in [0.05, 0.1) is 16.8 Å². The van der Waals surface area contributed by atoms with Crippen molar-refractivity contribution in [2.75, 3.05) is 5.73 Å². The van der Waals surface area contributed by atoms with Crippen LogP contribution in [0.2, 0.25) is 5.02 Å². The first-order chi connectivity index (χ1) is 9.41. The maximum absolute atomic E-state index is 12.9. The number of hydrogen-bond acceptors (Lipinski definition) is 4. The van der Waals surface area contributed by atoms with Crippen molar-refractivity contribution >= 4 is 27.3 Å². The molecule has 0 radical (unpaired) electrons. The third-order valence-corrected chi connectivity index (χ3v) is 6.72. The van der Waals surface area contributed by atoms with Crippen LogP contribution < -0.4 is 5.73 Å². The fourth-order valence-corrected chi connectivity index (χ4v) is 5.93. The summed E-state index contributed by atoms with van der Waals surface area (Å²) in [4.78, 5) is -0.00467. The minimum absolute atomic E-state index is 0.00467. The monoisotopic (exact) mass is 316 g/mol. The highest BCUT2D eigenvalue weighted by molar-refractivity contribution is 7.89. The molecule has 2 aliphatic heterocycles. The predicted octanol–water partition coefficient (Wildman–Crippen LogP) is 1.60. The van der Waals surface area contributed by atoms with Crippen LogP contribution in [-0.2, 0) is 10.0 Å². The van der Waals surface area contributed by atoms with E-state index in [2.05, 4.69) is 0 Å². The Balaban J connectivity index is 2.06. The molecule has 2 heterocycles. The summed E-state index contributed by atoms with van der Waals surface area (Å²) < 4.78 is 27.3. The predicted molar refractivity (Wildman–Crippen MR) is 76.9 cm³/mol. The van der Waals surface area contributed by atoms with Crippen LogP contribution in [0.5, 0.6) is 0 Å². The molecule has 5 nitrogen and oxygen atoms in total. The van der Waals surface area contributed by atoms with E-state index in [0.717, 1.165) is 12.8 Å². The lowest BCUT2D eigenvalue weighted by Crippen LogP contribution is -2.48. The number of piperidine rings is 1. The molecular weight excluding hydrogens is 300 g/mol. The molecule has 7 heteroatoms. The van der Waals surface area contributed by atoms with Gasteiger partial charge in [0.25, 0.3) is 0 Å². The Morgan fingerprint density at radius 2 is 1.85 bits per heavy atom. The van der Waals surface area contributed by atoms with Crippen LogP contribution in [0.4, 0.5) is 5.69 Å². The van der Waals surface area contributed by atoms with Gasteiger partial charge in [0.2, 0.25) is 10.0 Å². The third kappa shape index (κ3) is 2.11. The van der Waals surface area contributed by atoms with Crippen LogP contribution in [0, 0.1) is 0 Å². The van der Waals surface area contributed by atoms with Crippen molar-refractivity contribution in [3.05, 3.63) is 23.2 Å². The molecule has 3 rings (SSSR count). The lowest BCUT2D eigenvalue weighted by molar-refractivity contribution is 0.0769. The number of anilines is 1. The van der Waals surface area contributed by atoms with Crippen molar-refractivity contribution in [2.45, 2.75) is 48.8 Å². The van der Waals surface area contributed by atoms with E-state index in [0.29, 0.717) is 12.8 Å². The van der Waals surface area contributed by atoms with Gasteiger partial charge in [0.1, 0.15) is 4.90 Å². The van der Waals surface area contributed by atoms with E-state index in [9.17, 15) is 13.5 Å². The molecule has 1 aromatic rings. The molecule has 2 aliphatic rings. The van der Waals surface area contributed by atoms with Gasteiger partial charge in [-0.2, -0.15) is 4.31 Å². The minimum Gasteiger partial charge on any atom is -0.398 e. The number of nitrogens with zero attached hydrogens (tertiary/aromatic N) is 1. The zero-order valence-corrected chi connectivity index (χ0v) is 12.4. The van der Waals surface area contributed by atoms with Crippen LogP contribution in [0.1, 0.15) is 25.7 Å². The summed E-state index contributed by atoms with van der Waals surface area (Å²) in [5, 5.41) is 9.93. The number of fused-ring (bicyclic) bond motifs is 2. The summed E-state index contributed by atoms with van der Waals surface area (Å²) in [6, 6.07) is 4.41. The number of hydrogen-bond donors (Lipinski definition) is 2. The highest BCUT2D eigenvalue weighted by atomic mass is 35.5. The highest BCUT2D eigenvalue weighted by Gasteiger charge is 2.47. The molecule has 20 heavy (non-hydrogen) atoms. The number of rotatable bonds is 2. The average molecular weight is 317 g/mol. The maximum Gasteiger partial charge on any atom is 0.247 e. The van der Waals surface area contributed by atoms with Gasteiger partial charge in [-0.25, -0.2) is 8.42 Å². The standard InChI is InChI=1S/C13H17ClN2O3S/c14-11-2-1-3-12(15)13(11)20(18,19)16-8-4-5-9(16)7-10(17)6-8/h1-3,8-10,17H,4-7,15H2. The molecule has 1 aromatic carbocycles. The molecule has 3 N–H and O–H groups in total. The molecule has 110 valence electrons. The average Bonchev–Trinajstić information content (AvgIpc) is 2.62. The van der Waals surface area contributed by atoms with Gasteiger partial charge in [0.15, 0.2) is 0 Å². The molecule has 0 saturated carbocycles. The minimum atomic E-state index is -3.72. The smallest absolute Gasteiger partial charge is 0.247 e. The van der Waals surface area contributed by atoms with Gasteiger partial charge < -0.3 is 10.8 Å². The Bertz CT molecular complexity index is 600. The summed E-state index contributed by atoms with van der Waals surface area (Å²) >= 11 is 6.04. The van der Waals surface area contributed by atoms with Crippen LogP contribution in [-0.4, -0.2) is 36.0 Å². The lowest BCUT2D eigenvalue weighted by atomic mass is 10.0. The second-order valence-electron chi connectivity index (χ2n) is 5.50. The largest absolute Gasteiger partial charge is 0.398 e. The zero-order chi connectivity index (χ0) is 14.5. The van der Waals surface area contributed by atoms with Gasteiger partial charge in [-0.15, -0.1) is 0 Å². The quantitative estimate of drug-likeness (QED) is 0.812. The van der Waals surface area contributed by atoms with Gasteiger partial charge in [-0.05, 0) is 37.8 Å². The molecule has 0 aliphatic carbocycles. The van der Waals surface area contributed by atoms with E-state index in [4.69, 9.17) is 17.3 Å². The first kappa shape index (κ1) is 14.1. The van der Waals surface area contributed by atoms with Crippen LogP contribution in [0.3, 0.4) is 0 Å². The first-order valence-corrected chi connectivity index (χ1v) is 8.48. The number of aliphatic hydroxyl groups is 1. The summed E-state index contributed by atoms with van der Waals surface area (Å²) in [6.45, 7) is 0. The summed E-state index contributed by atoms with van der Waals surface area (Å²) in [6.07, 6.45) is 2.12. The van der Waals surface area contributed by atoms with Crippen LogP contribution in [0.25, 0.3) is 0 Å². The molecule has 2 fully saturated rings. The lowest BCUT2D eigenvalue weighted by Gasteiger charge is -2.36. The van der Waals surface area contributed by atoms with E-state index in [-0.39, 0.29) is 27.7 Å². The molecular formula is C13H17ClN2O3S. The summed E-state index contributed by atoms with van der Waals surface area (Å²) in [5.74, 6) is 0. The Hall–Kier alpha value is -0.820. The highest BCUT2D eigenvalue weighted by Crippen LogP contribution is 2.42. The van der Waals surface area contributed by atoms with Crippen LogP contribution >= 0.6 is 11.6 Å². The molecule has 0 spiro atoms. The van der Waals surface area contributed by atoms with E-state index < -0.39 is 16.1 Å². The van der Waals surface area contributed by atoms with Gasteiger partial charge >= 0.3 is 0 Å². The summed E-state index contributed by atoms with van der Waals surface area (Å²) in [5.41, 5.74) is 5.98. The third-order valence-electron chi connectivity index (χ3n) is 4.17. The first-order valence-electron chi connectivity index (χ1n) is 6.67. The van der Waals surface area contributed by atoms with Crippen molar-refractivity contribution in [3.63, 3.8) is 0 Å². The number of halogens is 1. The van der Waals surface area contributed by atoms with Gasteiger partial charge in [-0.1, -0.05) is 17.7 Å². The molecule has 0 amide bonds. The number of nitrogen functional groups attached to an aromatic ring is 1. The Kier molecular flexibility index (Phi) is 3.44. The summed E-state index contributed by atoms with van der Waals surface area (Å²) in [7, 11) is -3.72. The Morgan fingerprint density at radius 3 is 2.40 bits per heavy atom. The van der Waals surface area contributed by atoms with E-state index in [1.54, 1.807) is 12.1 Å². The molecule has 0 aromatic heterocycles. The number of nitrogens with two attached hydrogens (primary N) is 1. The Morgan fingerprint density at radius 1 is 1.25 bits per heavy atom. The van der Waals surface area contributed by atoms with Crippen molar-refractivity contribution in [1.29, 1.82) is 0 Å². The number of benzene rings is 1.